The highest BCUT2D eigenvalue weighted by atomic mass is 32.2. The SMILES string of the molecule is O=C(CN(CCc1cccs1)Cc1cccs1)Nc1cccc(S(=O)(=O)N2CCCC2)c1. The van der Waals surface area contributed by atoms with E-state index in [1.807, 2.05) is 17.5 Å². The van der Waals surface area contributed by atoms with E-state index in [0.29, 0.717) is 25.3 Å². The maximum absolute atomic E-state index is 12.8. The highest BCUT2D eigenvalue weighted by molar-refractivity contribution is 7.89. The molecule has 0 aliphatic carbocycles. The van der Waals surface area contributed by atoms with Gasteiger partial charge in [-0.2, -0.15) is 4.31 Å². The van der Waals surface area contributed by atoms with Crippen molar-refractivity contribution in [2.24, 2.45) is 0 Å². The van der Waals surface area contributed by atoms with Gasteiger partial charge in [-0.3, -0.25) is 9.69 Å². The number of hydrogen-bond acceptors (Lipinski definition) is 6. The smallest absolute Gasteiger partial charge is 0.243 e. The summed E-state index contributed by atoms with van der Waals surface area (Å²) in [5, 5.41) is 7.00. The van der Waals surface area contributed by atoms with Crippen molar-refractivity contribution in [2.45, 2.75) is 30.7 Å². The second-order valence-corrected chi connectivity index (χ2v) is 11.8. The normalized spacial score (nSPS) is 14.8. The number of benzene rings is 1. The summed E-state index contributed by atoms with van der Waals surface area (Å²) < 4.78 is 27.2. The fraction of sp³-hybridized carbons (Fsp3) is 0.348. The monoisotopic (exact) mass is 489 g/mol. The van der Waals surface area contributed by atoms with Crippen molar-refractivity contribution in [2.75, 3.05) is 31.5 Å². The van der Waals surface area contributed by atoms with Crippen LogP contribution < -0.4 is 5.32 Å². The molecule has 3 aromatic rings. The lowest BCUT2D eigenvalue weighted by atomic mass is 10.3. The van der Waals surface area contributed by atoms with E-state index < -0.39 is 10.0 Å². The van der Waals surface area contributed by atoms with Crippen LogP contribution in [0.4, 0.5) is 5.69 Å². The number of anilines is 1. The molecule has 1 aromatic carbocycles. The van der Waals surface area contributed by atoms with Gasteiger partial charge in [0.2, 0.25) is 15.9 Å². The van der Waals surface area contributed by atoms with Crippen LogP contribution in [0.5, 0.6) is 0 Å². The predicted octanol–water partition coefficient (Wildman–Crippen LogP) is 4.28. The van der Waals surface area contributed by atoms with E-state index in [9.17, 15) is 13.2 Å². The number of nitrogens with one attached hydrogen (secondary N) is 1. The van der Waals surface area contributed by atoms with Crippen LogP contribution in [0.1, 0.15) is 22.6 Å². The van der Waals surface area contributed by atoms with Gasteiger partial charge >= 0.3 is 0 Å². The van der Waals surface area contributed by atoms with Gasteiger partial charge in [0, 0.05) is 41.6 Å². The van der Waals surface area contributed by atoms with E-state index in [0.717, 1.165) is 25.8 Å². The van der Waals surface area contributed by atoms with Crippen molar-refractivity contribution in [1.29, 1.82) is 0 Å². The molecule has 1 N–H and O–H groups in total. The van der Waals surface area contributed by atoms with E-state index in [2.05, 4.69) is 27.7 Å². The Morgan fingerprint density at radius 1 is 1.00 bits per heavy atom. The summed E-state index contributed by atoms with van der Waals surface area (Å²) in [4.78, 5) is 17.7. The fourth-order valence-corrected chi connectivity index (χ4v) is 6.78. The third-order valence-electron chi connectivity index (χ3n) is 5.40. The molecule has 0 saturated carbocycles. The van der Waals surface area contributed by atoms with E-state index in [-0.39, 0.29) is 17.3 Å². The van der Waals surface area contributed by atoms with E-state index in [1.54, 1.807) is 46.9 Å². The summed E-state index contributed by atoms with van der Waals surface area (Å²) in [6, 6.07) is 14.8. The third kappa shape index (κ3) is 6.05. The van der Waals surface area contributed by atoms with Crippen LogP contribution in [0.25, 0.3) is 0 Å². The van der Waals surface area contributed by atoms with Crippen molar-refractivity contribution in [3.05, 3.63) is 69.0 Å². The minimum atomic E-state index is -3.51. The number of carbonyl (C=O) groups is 1. The Morgan fingerprint density at radius 3 is 2.41 bits per heavy atom. The second kappa shape index (κ2) is 10.7. The van der Waals surface area contributed by atoms with Crippen molar-refractivity contribution in [3.63, 3.8) is 0 Å². The second-order valence-electron chi connectivity index (χ2n) is 7.81. The summed E-state index contributed by atoms with van der Waals surface area (Å²) >= 11 is 3.40. The molecule has 0 atom stereocenters. The average molecular weight is 490 g/mol. The highest BCUT2D eigenvalue weighted by Crippen LogP contribution is 2.23. The van der Waals surface area contributed by atoms with Crippen LogP contribution in [-0.2, 0) is 27.8 Å². The van der Waals surface area contributed by atoms with Crippen LogP contribution in [-0.4, -0.2) is 49.7 Å². The molecule has 1 aliphatic heterocycles. The maximum atomic E-state index is 12.8. The lowest BCUT2D eigenvalue weighted by Crippen LogP contribution is -2.34. The molecule has 1 aliphatic rings. The lowest BCUT2D eigenvalue weighted by Gasteiger charge is -2.21. The minimum absolute atomic E-state index is 0.150. The lowest BCUT2D eigenvalue weighted by molar-refractivity contribution is -0.117. The summed E-state index contributed by atoms with van der Waals surface area (Å²) in [7, 11) is -3.51. The number of thiophene rings is 2. The Kier molecular flexibility index (Phi) is 7.75. The molecule has 1 fully saturated rings. The standard InChI is InChI=1S/C23H27N3O3S3/c27-23(18-25(17-21-8-5-15-31-21)13-10-20-7-4-14-30-20)24-19-6-3-9-22(16-19)32(28,29)26-11-1-2-12-26/h3-9,14-16H,1-2,10-13,17-18H2,(H,24,27). The number of rotatable bonds is 10. The number of carbonyl (C=O) groups excluding carboxylic acids is 1. The number of hydrogen-bond donors (Lipinski definition) is 1. The van der Waals surface area contributed by atoms with Gasteiger partial charge in [0.25, 0.3) is 0 Å². The Bertz CT molecular complexity index is 1110. The molecule has 2 aromatic heterocycles. The number of sulfonamides is 1. The molecule has 0 unspecified atom stereocenters. The van der Waals surface area contributed by atoms with Crippen LogP contribution >= 0.6 is 22.7 Å². The zero-order valence-electron chi connectivity index (χ0n) is 17.8. The van der Waals surface area contributed by atoms with Gasteiger partial charge in [-0.15, -0.1) is 22.7 Å². The quantitative estimate of drug-likeness (QED) is 0.462. The van der Waals surface area contributed by atoms with Crippen LogP contribution in [0, 0.1) is 0 Å². The molecule has 4 rings (SSSR count). The summed E-state index contributed by atoms with van der Waals surface area (Å²) in [6.45, 7) is 2.84. The Hall–Kier alpha value is -2.04. The highest BCUT2D eigenvalue weighted by Gasteiger charge is 2.27. The van der Waals surface area contributed by atoms with Crippen LogP contribution in [0.3, 0.4) is 0 Å². The van der Waals surface area contributed by atoms with E-state index in [4.69, 9.17) is 0 Å². The van der Waals surface area contributed by atoms with Gasteiger partial charge in [0.05, 0.1) is 11.4 Å². The van der Waals surface area contributed by atoms with Crippen molar-refractivity contribution in [1.82, 2.24) is 9.21 Å². The number of amides is 1. The first-order valence-corrected chi connectivity index (χ1v) is 13.9. The molecule has 1 saturated heterocycles. The average Bonchev–Trinajstić information content (AvgIpc) is 3.56. The first-order valence-electron chi connectivity index (χ1n) is 10.7. The minimum Gasteiger partial charge on any atom is -0.325 e. The first kappa shape index (κ1) is 23.1. The fourth-order valence-electron chi connectivity index (χ4n) is 3.78. The summed E-state index contributed by atoms with van der Waals surface area (Å²) in [6.07, 6.45) is 2.67. The molecular weight excluding hydrogens is 462 g/mol. The van der Waals surface area contributed by atoms with Crippen LogP contribution in [0.15, 0.2) is 64.2 Å². The van der Waals surface area contributed by atoms with E-state index >= 15 is 0 Å². The summed E-state index contributed by atoms with van der Waals surface area (Å²) in [5.41, 5.74) is 0.504. The Labute approximate surface area is 197 Å². The molecule has 6 nitrogen and oxygen atoms in total. The van der Waals surface area contributed by atoms with Gasteiger partial charge in [-0.05, 0) is 60.4 Å². The molecule has 0 spiro atoms. The molecule has 9 heteroatoms. The van der Waals surface area contributed by atoms with Crippen molar-refractivity contribution in [3.8, 4) is 0 Å². The maximum Gasteiger partial charge on any atom is 0.243 e. The van der Waals surface area contributed by atoms with Crippen molar-refractivity contribution >= 4 is 44.3 Å². The molecule has 3 heterocycles. The van der Waals surface area contributed by atoms with Gasteiger partial charge in [-0.25, -0.2) is 8.42 Å². The molecular formula is C23H27N3O3S3. The molecule has 170 valence electrons. The van der Waals surface area contributed by atoms with Gasteiger partial charge in [0.1, 0.15) is 0 Å². The van der Waals surface area contributed by atoms with Gasteiger partial charge < -0.3 is 5.32 Å². The zero-order valence-corrected chi connectivity index (χ0v) is 20.2. The number of nitrogens with zero attached hydrogens (tertiary/aromatic N) is 2. The molecule has 0 radical (unpaired) electrons. The largest absolute Gasteiger partial charge is 0.325 e. The Morgan fingerprint density at radius 2 is 1.72 bits per heavy atom. The third-order valence-corrected chi connectivity index (χ3v) is 9.09. The summed E-state index contributed by atoms with van der Waals surface area (Å²) in [5.74, 6) is -0.150. The molecule has 32 heavy (non-hydrogen) atoms. The van der Waals surface area contributed by atoms with Gasteiger partial charge in [0.15, 0.2) is 0 Å². The predicted molar refractivity (Wildman–Crippen MR) is 131 cm³/mol. The first-order chi connectivity index (χ1) is 15.5. The molecule has 1 amide bonds. The van der Waals surface area contributed by atoms with Crippen molar-refractivity contribution < 1.29 is 13.2 Å². The topological polar surface area (TPSA) is 69.7 Å². The van der Waals surface area contributed by atoms with Gasteiger partial charge in [-0.1, -0.05) is 18.2 Å². The molecule has 0 bridgehead atoms. The van der Waals surface area contributed by atoms with Crippen LogP contribution in [0.2, 0.25) is 0 Å². The Balaban J connectivity index is 1.40. The zero-order chi connectivity index (χ0) is 22.4. The van der Waals surface area contributed by atoms with E-state index in [1.165, 1.54) is 14.1 Å².